The molecule has 0 saturated carbocycles. The second-order valence-electron chi connectivity index (χ2n) is 5.06. The molecule has 0 aliphatic rings. The maximum Gasteiger partial charge on any atom is 0.251 e. The van der Waals surface area contributed by atoms with Gasteiger partial charge in [0.25, 0.3) is 5.91 Å². The van der Waals surface area contributed by atoms with Crippen LogP contribution in [0, 0.1) is 0 Å². The average molecular weight is 294 g/mol. The Hall–Kier alpha value is -1.75. The SMILES string of the molecule is CCC(C)N(C)CCNC(=O)c1ccc(OC)c(OC)c1. The van der Waals surface area contributed by atoms with Gasteiger partial charge in [0.05, 0.1) is 14.2 Å². The molecular formula is C16H26N2O3. The number of ether oxygens (including phenoxy) is 2. The minimum Gasteiger partial charge on any atom is -0.493 e. The molecule has 0 aromatic heterocycles. The van der Waals surface area contributed by atoms with Crippen LogP contribution in [0.15, 0.2) is 18.2 Å². The Balaban J connectivity index is 2.56. The van der Waals surface area contributed by atoms with Crippen LogP contribution in [-0.4, -0.2) is 51.2 Å². The van der Waals surface area contributed by atoms with Crippen molar-refractivity contribution in [3.63, 3.8) is 0 Å². The van der Waals surface area contributed by atoms with E-state index in [2.05, 4.69) is 31.1 Å². The van der Waals surface area contributed by atoms with Gasteiger partial charge in [-0.1, -0.05) is 6.92 Å². The molecule has 0 aliphatic carbocycles. The number of methoxy groups -OCH3 is 2. The van der Waals surface area contributed by atoms with E-state index < -0.39 is 0 Å². The predicted molar refractivity (Wildman–Crippen MR) is 84.3 cm³/mol. The Labute approximate surface area is 127 Å². The zero-order valence-electron chi connectivity index (χ0n) is 13.6. The van der Waals surface area contributed by atoms with Crippen molar-refractivity contribution in [1.82, 2.24) is 10.2 Å². The van der Waals surface area contributed by atoms with E-state index >= 15 is 0 Å². The highest BCUT2D eigenvalue weighted by molar-refractivity contribution is 5.94. The molecule has 21 heavy (non-hydrogen) atoms. The zero-order chi connectivity index (χ0) is 15.8. The van der Waals surface area contributed by atoms with Crippen LogP contribution in [0.1, 0.15) is 30.6 Å². The predicted octanol–water partition coefficient (Wildman–Crippen LogP) is 2.16. The first-order chi connectivity index (χ1) is 10.0. The Morgan fingerprint density at radius 3 is 2.52 bits per heavy atom. The molecule has 1 atom stereocenters. The smallest absolute Gasteiger partial charge is 0.251 e. The van der Waals surface area contributed by atoms with Gasteiger partial charge in [0.1, 0.15) is 0 Å². The number of carbonyl (C=O) groups excluding carboxylic acids is 1. The van der Waals surface area contributed by atoms with Gasteiger partial charge in [-0.3, -0.25) is 4.79 Å². The fourth-order valence-corrected chi connectivity index (χ4v) is 1.96. The van der Waals surface area contributed by atoms with Gasteiger partial charge in [-0.25, -0.2) is 0 Å². The van der Waals surface area contributed by atoms with Crippen LogP contribution in [0.4, 0.5) is 0 Å². The lowest BCUT2D eigenvalue weighted by molar-refractivity contribution is 0.0947. The first-order valence-electron chi connectivity index (χ1n) is 7.23. The maximum atomic E-state index is 12.1. The summed E-state index contributed by atoms with van der Waals surface area (Å²) in [6.45, 7) is 5.78. The average Bonchev–Trinajstić information content (AvgIpc) is 2.52. The van der Waals surface area contributed by atoms with E-state index in [9.17, 15) is 4.79 Å². The lowest BCUT2D eigenvalue weighted by Gasteiger charge is -2.23. The topological polar surface area (TPSA) is 50.8 Å². The largest absolute Gasteiger partial charge is 0.493 e. The van der Waals surface area contributed by atoms with E-state index in [1.54, 1.807) is 32.4 Å². The monoisotopic (exact) mass is 294 g/mol. The van der Waals surface area contributed by atoms with Crippen LogP contribution >= 0.6 is 0 Å². The lowest BCUT2D eigenvalue weighted by Crippen LogP contribution is -2.37. The third-order valence-electron chi connectivity index (χ3n) is 3.74. The Morgan fingerprint density at radius 1 is 1.29 bits per heavy atom. The molecule has 118 valence electrons. The second kappa shape index (κ2) is 8.52. The van der Waals surface area contributed by atoms with Gasteiger partial charge < -0.3 is 19.7 Å². The number of rotatable bonds is 8. The molecule has 1 rings (SSSR count). The quantitative estimate of drug-likeness (QED) is 0.798. The minimum atomic E-state index is -0.103. The van der Waals surface area contributed by atoms with Crippen molar-refractivity contribution < 1.29 is 14.3 Å². The Bertz CT molecular complexity index is 463. The molecule has 0 saturated heterocycles. The van der Waals surface area contributed by atoms with Crippen molar-refractivity contribution >= 4 is 5.91 Å². The van der Waals surface area contributed by atoms with Gasteiger partial charge in [-0.05, 0) is 38.6 Å². The van der Waals surface area contributed by atoms with Gasteiger partial charge in [0, 0.05) is 24.7 Å². The lowest BCUT2D eigenvalue weighted by atomic mass is 10.2. The van der Waals surface area contributed by atoms with Crippen LogP contribution in [0.3, 0.4) is 0 Å². The van der Waals surface area contributed by atoms with Gasteiger partial charge in [0.2, 0.25) is 0 Å². The second-order valence-corrected chi connectivity index (χ2v) is 5.06. The van der Waals surface area contributed by atoms with Crippen LogP contribution < -0.4 is 14.8 Å². The molecule has 1 aromatic carbocycles. The van der Waals surface area contributed by atoms with Crippen molar-refractivity contribution in [3.8, 4) is 11.5 Å². The van der Waals surface area contributed by atoms with E-state index in [4.69, 9.17) is 9.47 Å². The number of nitrogens with zero attached hydrogens (tertiary/aromatic N) is 1. The van der Waals surface area contributed by atoms with Crippen molar-refractivity contribution in [2.45, 2.75) is 26.3 Å². The molecule has 0 bridgehead atoms. The van der Waals surface area contributed by atoms with E-state index in [0.29, 0.717) is 29.6 Å². The third kappa shape index (κ3) is 4.93. The molecule has 1 N–H and O–H groups in total. The summed E-state index contributed by atoms with van der Waals surface area (Å²) in [5, 5.41) is 2.92. The molecule has 5 nitrogen and oxygen atoms in total. The zero-order valence-corrected chi connectivity index (χ0v) is 13.6. The number of hydrogen-bond acceptors (Lipinski definition) is 4. The van der Waals surface area contributed by atoms with Crippen LogP contribution in [0.5, 0.6) is 11.5 Å². The highest BCUT2D eigenvalue weighted by atomic mass is 16.5. The van der Waals surface area contributed by atoms with Crippen molar-refractivity contribution in [3.05, 3.63) is 23.8 Å². The van der Waals surface area contributed by atoms with E-state index in [-0.39, 0.29) is 5.91 Å². The third-order valence-corrected chi connectivity index (χ3v) is 3.74. The molecule has 0 fully saturated rings. The molecule has 5 heteroatoms. The van der Waals surface area contributed by atoms with Gasteiger partial charge in [-0.2, -0.15) is 0 Å². The molecule has 1 unspecified atom stereocenters. The summed E-state index contributed by atoms with van der Waals surface area (Å²) in [6.07, 6.45) is 1.10. The first kappa shape index (κ1) is 17.3. The van der Waals surface area contributed by atoms with E-state index in [1.165, 1.54) is 0 Å². The summed E-state index contributed by atoms with van der Waals surface area (Å²) in [6, 6.07) is 5.67. The summed E-state index contributed by atoms with van der Waals surface area (Å²) < 4.78 is 10.4. The number of hydrogen-bond donors (Lipinski definition) is 1. The maximum absolute atomic E-state index is 12.1. The summed E-state index contributed by atoms with van der Waals surface area (Å²) in [5.41, 5.74) is 0.568. The number of carbonyl (C=O) groups is 1. The summed E-state index contributed by atoms with van der Waals surface area (Å²) >= 11 is 0. The summed E-state index contributed by atoms with van der Waals surface area (Å²) in [5.74, 6) is 1.07. The van der Waals surface area contributed by atoms with Crippen LogP contribution in [0.2, 0.25) is 0 Å². The molecule has 1 aromatic rings. The molecule has 0 spiro atoms. The fraction of sp³-hybridized carbons (Fsp3) is 0.562. The molecule has 1 amide bonds. The standard InChI is InChI=1S/C16H26N2O3/c1-6-12(2)18(3)10-9-17-16(19)13-7-8-14(20-4)15(11-13)21-5/h7-8,11-12H,6,9-10H2,1-5H3,(H,17,19). The number of nitrogens with one attached hydrogen (secondary N) is 1. The van der Waals surface area contributed by atoms with Gasteiger partial charge in [-0.15, -0.1) is 0 Å². The van der Waals surface area contributed by atoms with Gasteiger partial charge >= 0.3 is 0 Å². The van der Waals surface area contributed by atoms with Gasteiger partial charge in [0.15, 0.2) is 11.5 Å². The summed E-state index contributed by atoms with van der Waals surface area (Å²) in [4.78, 5) is 14.3. The first-order valence-corrected chi connectivity index (χ1v) is 7.23. The highest BCUT2D eigenvalue weighted by Gasteiger charge is 2.11. The Kier molecular flexibility index (Phi) is 7.02. The van der Waals surface area contributed by atoms with Crippen molar-refractivity contribution in [1.29, 1.82) is 0 Å². The molecule has 0 heterocycles. The molecular weight excluding hydrogens is 268 g/mol. The highest BCUT2D eigenvalue weighted by Crippen LogP contribution is 2.27. The van der Waals surface area contributed by atoms with Crippen LogP contribution in [0.25, 0.3) is 0 Å². The fourth-order valence-electron chi connectivity index (χ4n) is 1.96. The number of benzene rings is 1. The van der Waals surface area contributed by atoms with Crippen molar-refractivity contribution in [2.75, 3.05) is 34.4 Å². The Morgan fingerprint density at radius 2 is 1.95 bits per heavy atom. The number of likely N-dealkylation sites (N-methyl/N-ethyl adjacent to an activating group) is 1. The summed E-state index contributed by atoms with van der Waals surface area (Å²) in [7, 11) is 5.19. The van der Waals surface area contributed by atoms with E-state index in [1.807, 2.05) is 0 Å². The van der Waals surface area contributed by atoms with Crippen molar-refractivity contribution in [2.24, 2.45) is 0 Å². The number of amides is 1. The minimum absolute atomic E-state index is 0.103. The normalized spacial score (nSPS) is 12.1. The molecule has 0 aliphatic heterocycles. The van der Waals surface area contributed by atoms with E-state index in [0.717, 1.165) is 13.0 Å². The molecule has 0 radical (unpaired) electrons. The van der Waals surface area contributed by atoms with Crippen LogP contribution in [-0.2, 0) is 0 Å².